The van der Waals surface area contributed by atoms with Crippen LogP contribution in [0.25, 0.3) is 0 Å². The monoisotopic (exact) mass is 710 g/mol. The third-order valence-electron chi connectivity index (χ3n) is 6.54. The van der Waals surface area contributed by atoms with Gasteiger partial charge in [0, 0.05) is 22.6 Å². The van der Waals surface area contributed by atoms with E-state index in [0.29, 0.717) is 4.90 Å². The minimum absolute atomic E-state index is 0. The van der Waals surface area contributed by atoms with Crippen LogP contribution in [0, 0.1) is 11.1 Å². The maximum atomic E-state index is 14.4. The van der Waals surface area contributed by atoms with Crippen LogP contribution in [0.5, 0.6) is 0 Å². The summed E-state index contributed by atoms with van der Waals surface area (Å²) in [5.74, 6) is -8.13. The van der Waals surface area contributed by atoms with E-state index in [1.165, 1.54) is 26.2 Å². The number of alkyl halides is 4. The molecule has 0 unspecified atom stereocenters. The molecule has 17 heteroatoms. The molecule has 5 N–H and O–H groups in total. The molecular weight excluding hydrogens is 668 g/mol. The molecule has 3 aromatic rings. The number of halogens is 4. The summed E-state index contributed by atoms with van der Waals surface area (Å²) < 4.78 is 64.7. The van der Waals surface area contributed by atoms with Crippen LogP contribution in [-0.2, 0) is 22.7 Å². The van der Waals surface area contributed by atoms with Gasteiger partial charge in [-0.1, -0.05) is 72.8 Å². The first-order chi connectivity index (χ1) is 23.7. The lowest BCUT2D eigenvalue weighted by Gasteiger charge is -2.26. The standard InChI is InChI=1S/C20H18F2N2O4.C12H16F2N2O2.CH4O.H2N2.H2/c1-23(19(27)28-11-14-7-3-2-4-8-14)12-20(21,22)13-24-17(25)15-9-5-6-10-16(15)18(24)26;1-16(9-12(13,14)8-15)11(17)18-7-10-5-3-2-4-6-10;2*1-2;/h2-10H,11-13H2,1H3;2-6H,7-9,15H2,1H3;2H,1H3;1-2H;1H. The number of nitrogens with zero attached hydrogens (tertiary/aromatic N) is 3. The van der Waals surface area contributed by atoms with Crippen molar-refractivity contribution in [3.63, 3.8) is 0 Å². The van der Waals surface area contributed by atoms with Crippen LogP contribution in [0.4, 0.5) is 27.2 Å². The summed E-state index contributed by atoms with van der Waals surface area (Å²) in [6.07, 6.45) is -1.72. The summed E-state index contributed by atoms with van der Waals surface area (Å²) in [4.78, 5) is 49.9. The van der Waals surface area contributed by atoms with Gasteiger partial charge in [0.15, 0.2) is 0 Å². The molecule has 1 aliphatic rings. The maximum Gasteiger partial charge on any atom is 0.410 e. The van der Waals surface area contributed by atoms with E-state index in [1.54, 1.807) is 66.7 Å². The Morgan fingerprint density at radius 1 is 0.720 bits per heavy atom. The number of hydrogen-bond acceptors (Lipinski definition) is 10. The predicted molar refractivity (Wildman–Crippen MR) is 175 cm³/mol. The Kier molecular flexibility index (Phi) is 17.8. The zero-order valence-electron chi connectivity index (χ0n) is 27.7. The Morgan fingerprint density at radius 2 is 1.06 bits per heavy atom. The van der Waals surface area contributed by atoms with Crippen LogP contribution >= 0.6 is 0 Å². The molecule has 0 saturated carbocycles. The summed E-state index contributed by atoms with van der Waals surface area (Å²) in [6.45, 7) is -3.66. The van der Waals surface area contributed by atoms with Crippen LogP contribution in [0.2, 0.25) is 0 Å². The molecular formula is C33H42F4N6O7. The number of ether oxygens (including phenoxy) is 2. The molecule has 0 atom stereocenters. The van der Waals surface area contributed by atoms with E-state index < -0.39 is 62.0 Å². The zero-order valence-corrected chi connectivity index (χ0v) is 27.7. The molecule has 4 rings (SSSR count). The van der Waals surface area contributed by atoms with Crippen molar-refractivity contribution in [1.29, 1.82) is 11.1 Å². The first kappa shape index (κ1) is 42.6. The van der Waals surface area contributed by atoms with Gasteiger partial charge < -0.3 is 30.1 Å². The normalized spacial score (nSPS) is 11.7. The van der Waals surface area contributed by atoms with E-state index in [2.05, 4.69) is 0 Å². The number of rotatable bonds is 11. The van der Waals surface area contributed by atoms with E-state index >= 15 is 0 Å². The SMILES string of the molecule is CN(CC(F)(F)CN)C(=O)OCc1ccccc1.CN(CC(F)(F)CN1C(=O)c2ccccc2C1=O)C(=O)OCc1ccccc1.CO.N=N.[HH]. The highest BCUT2D eigenvalue weighted by Crippen LogP contribution is 2.26. The Morgan fingerprint density at radius 3 is 1.42 bits per heavy atom. The molecule has 0 radical (unpaired) electrons. The topological polar surface area (TPSA) is 190 Å². The third-order valence-corrected chi connectivity index (χ3v) is 6.54. The van der Waals surface area contributed by atoms with Crippen LogP contribution in [-0.4, -0.2) is 103 Å². The molecule has 13 nitrogen and oxygen atoms in total. The predicted octanol–water partition coefficient (Wildman–Crippen LogP) is 5.49. The van der Waals surface area contributed by atoms with Crippen molar-refractivity contribution in [2.24, 2.45) is 5.73 Å². The number of aliphatic hydroxyl groups is 1. The first-order valence-electron chi connectivity index (χ1n) is 14.7. The number of carbonyl (C=O) groups is 4. The van der Waals surface area contributed by atoms with Crippen molar-refractivity contribution < 1.29 is 52.7 Å². The quantitative estimate of drug-likeness (QED) is 0.114. The molecule has 1 aliphatic heterocycles. The molecule has 0 bridgehead atoms. The minimum atomic E-state index is -3.49. The summed E-state index contributed by atoms with van der Waals surface area (Å²) in [5.41, 5.74) is 16.6. The number of imide groups is 1. The van der Waals surface area contributed by atoms with Crippen molar-refractivity contribution in [2.75, 3.05) is 47.4 Å². The fourth-order valence-corrected chi connectivity index (χ4v) is 4.21. The molecule has 274 valence electrons. The van der Waals surface area contributed by atoms with Crippen molar-refractivity contribution >= 4 is 24.0 Å². The van der Waals surface area contributed by atoms with Gasteiger partial charge in [0.2, 0.25) is 0 Å². The van der Waals surface area contributed by atoms with E-state index in [9.17, 15) is 36.7 Å². The van der Waals surface area contributed by atoms with E-state index in [-0.39, 0.29) is 25.8 Å². The van der Waals surface area contributed by atoms with Crippen LogP contribution in [0.1, 0.15) is 33.3 Å². The summed E-state index contributed by atoms with van der Waals surface area (Å²) in [7, 11) is 3.42. The number of fused-ring (bicyclic) bond motifs is 1. The largest absolute Gasteiger partial charge is 0.445 e. The molecule has 50 heavy (non-hydrogen) atoms. The van der Waals surface area contributed by atoms with Crippen molar-refractivity contribution in [3.8, 4) is 0 Å². The second kappa shape index (κ2) is 20.8. The molecule has 0 aliphatic carbocycles. The van der Waals surface area contributed by atoms with Crippen molar-refractivity contribution in [1.82, 2.24) is 14.7 Å². The summed E-state index contributed by atoms with van der Waals surface area (Å²) in [6, 6.07) is 23.8. The zero-order chi connectivity index (χ0) is 37.9. The van der Waals surface area contributed by atoms with Crippen LogP contribution in [0.15, 0.2) is 84.9 Å². The highest BCUT2D eigenvalue weighted by molar-refractivity contribution is 6.21. The first-order valence-corrected chi connectivity index (χ1v) is 14.7. The van der Waals surface area contributed by atoms with Crippen LogP contribution in [0.3, 0.4) is 0 Å². The Bertz CT molecular complexity index is 1490. The maximum absolute atomic E-state index is 14.4. The van der Waals surface area contributed by atoms with E-state index in [4.69, 9.17) is 31.4 Å². The molecule has 0 saturated heterocycles. The van der Waals surface area contributed by atoms with Crippen molar-refractivity contribution in [2.45, 2.75) is 25.1 Å². The Hall–Kier alpha value is -5.42. The fraction of sp³-hybridized carbons (Fsp3) is 0.333. The molecule has 3 aromatic carbocycles. The Labute approximate surface area is 287 Å². The van der Waals surface area contributed by atoms with Gasteiger partial charge in [-0.15, -0.1) is 0 Å². The lowest BCUT2D eigenvalue weighted by Crippen LogP contribution is -2.47. The van der Waals surface area contributed by atoms with Gasteiger partial charge in [-0.2, -0.15) is 0 Å². The summed E-state index contributed by atoms with van der Waals surface area (Å²) in [5, 5.41) is 7.00. The van der Waals surface area contributed by atoms with E-state index in [1.807, 2.05) is 6.07 Å². The van der Waals surface area contributed by atoms with Crippen LogP contribution < -0.4 is 5.73 Å². The number of nitrogens with two attached hydrogens (primary N) is 1. The Balaban J connectivity index is 0.000000945. The number of hydrogen-bond donors (Lipinski definition) is 4. The van der Waals surface area contributed by atoms with Gasteiger partial charge >= 0.3 is 12.2 Å². The lowest BCUT2D eigenvalue weighted by atomic mass is 10.1. The average Bonchev–Trinajstić information content (AvgIpc) is 3.36. The van der Waals surface area contributed by atoms with Gasteiger partial charge in [0.05, 0.1) is 37.3 Å². The number of amides is 4. The average molecular weight is 711 g/mol. The molecule has 4 amide bonds. The fourth-order valence-electron chi connectivity index (χ4n) is 4.21. The number of aliphatic hydroxyl groups excluding tert-OH is 1. The van der Waals surface area contributed by atoms with Gasteiger partial charge in [0.25, 0.3) is 23.7 Å². The summed E-state index contributed by atoms with van der Waals surface area (Å²) >= 11 is 0. The minimum Gasteiger partial charge on any atom is -0.445 e. The lowest BCUT2D eigenvalue weighted by molar-refractivity contribution is -0.0425. The highest BCUT2D eigenvalue weighted by Gasteiger charge is 2.43. The smallest absolute Gasteiger partial charge is 0.410 e. The number of benzene rings is 3. The second-order valence-electron chi connectivity index (χ2n) is 10.5. The van der Waals surface area contributed by atoms with Gasteiger partial charge in [-0.05, 0) is 23.3 Å². The second-order valence-corrected chi connectivity index (χ2v) is 10.5. The van der Waals surface area contributed by atoms with Gasteiger partial charge in [0.1, 0.15) is 13.2 Å². The molecule has 0 spiro atoms. The third kappa shape index (κ3) is 13.6. The highest BCUT2D eigenvalue weighted by atomic mass is 19.3. The van der Waals surface area contributed by atoms with Gasteiger partial charge in [-0.25, -0.2) is 38.2 Å². The molecule has 1 heterocycles. The van der Waals surface area contributed by atoms with Gasteiger partial charge in [-0.3, -0.25) is 14.5 Å². The number of carbonyl (C=O) groups excluding carboxylic acids is 4. The number of nitrogens with one attached hydrogen (secondary N) is 2. The molecule has 0 aromatic heterocycles. The molecule has 0 fully saturated rings. The van der Waals surface area contributed by atoms with E-state index in [0.717, 1.165) is 28.0 Å². The van der Waals surface area contributed by atoms with Crippen molar-refractivity contribution in [3.05, 3.63) is 107 Å².